The summed E-state index contributed by atoms with van der Waals surface area (Å²) in [4.78, 5) is 2.35. The minimum Gasteiger partial charge on any atom is -0.388 e. The molecule has 0 aromatic carbocycles. The molecule has 1 atom stereocenters. The van der Waals surface area contributed by atoms with Gasteiger partial charge in [0.1, 0.15) is 12.2 Å². The van der Waals surface area contributed by atoms with Crippen LogP contribution >= 0.6 is 0 Å². The van der Waals surface area contributed by atoms with Crippen molar-refractivity contribution in [3.8, 4) is 0 Å². The maximum absolute atomic E-state index is 10.9. The Morgan fingerprint density at radius 1 is 1.39 bits per heavy atom. The number of β-amino-alcohol motifs (C(OH)–C–C–N with tert-alkyl or cyclic N) is 1. The van der Waals surface area contributed by atoms with Gasteiger partial charge < -0.3 is 14.6 Å². The highest BCUT2D eigenvalue weighted by Crippen LogP contribution is 2.24. The first-order chi connectivity index (χ1) is 11.1. The van der Waals surface area contributed by atoms with Crippen LogP contribution in [-0.2, 0) is 26.4 Å². The molecule has 126 valence electrons. The Balaban J connectivity index is 1.56. The Morgan fingerprint density at radius 2 is 2.26 bits per heavy atom. The SMILES string of the molecule is CCn1cc(CCN2CCCC(O)(Cc3nncn3C)C2)cn1. The van der Waals surface area contributed by atoms with Gasteiger partial charge >= 0.3 is 0 Å². The number of hydrogen-bond acceptors (Lipinski definition) is 5. The smallest absolute Gasteiger partial charge is 0.135 e. The summed E-state index contributed by atoms with van der Waals surface area (Å²) >= 11 is 0. The first-order valence-corrected chi connectivity index (χ1v) is 8.37. The zero-order valence-corrected chi connectivity index (χ0v) is 14.0. The third kappa shape index (κ3) is 3.97. The number of rotatable bonds is 6. The molecular formula is C16H26N6O. The van der Waals surface area contributed by atoms with Gasteiger partial charge in [-0.3, -0.25) is 4.68 Å². The second-order valence-electron chi connectivity index (χ2n) is 6.59. The van der Waals surface area contributed by atoms with E-state index in [0.29, 0.717) is 13.0 Å². The van der Waals surface area contributed by atoms with Gasteiger partial charge in [0, 0.05) is 39.3 Å². The molecule has 0 spiro atoms. The van der Waals surface area contributed by atoms with Gasteiger partial charge in [-0.2, -0.15) is 5.10 Å². The lowest BCUT2D eigenvalue weighted by molar-refractivity contribution is -0.0316. The van der Waals surface area contributed by atoms with Gasteiger partial charge in [-0.05, 0) is 38.3 Å². The minimum absolute atomic E-state index is 0.563. The lowest BCUT2D eigenvalue weighted by atomic mass is 9.89. The van der Waals surface area contributed by atoms with Crippen molar-refractivity contribution in [1.29, 1.82) is 0 Å². The van der Waals surface area contributed by atoms with Gasteiger partial charge in [0.15, 0.2) is 0 Å². The number of piperidine rings is 1. The topological polar surface area (TPSA) is 72.0 Å². The van der Waals surface area contributed by atoms with Crippen molar-refractivity contribution in [2.24, 2.45) is 7.05 Å². The second kappa shape index (κ2) is 6.80. The fraction of sp³-hybridized carbons (Fsp3) is 0.688. The van der Waals surface area contributed by atoms with Crippen molar-refractivity contribution in [2.75, 3.05) is 19.6 Å². The average Bonchev–Trinajstić information content (AvgIpc) is 3.14. The van der Waals surface area contributed by atoms with Crippen molar-refractivity contribution < 1.29 is 5.11 Å². The van der Waals surface area contributed by atoms with Crippen molar-refractivity contribution in [3.63, 3.8) is 0 Å². The molecule has 1 aliphatic heterocycles. The first-order valence-electron chi connectivity index (χ1n) is 8.37. The van der Waals surface area contributed by atoms with E-state index in [4.69, 9.17) is 0 Å². The number of aryl methyl sites for hydroxylation is 2. The van der Waals surface area contributed by atoms with Crippen LogP contribution in [0, 0.1) is 0 Å². The van der Waals surface area contributed by atoms with Gasteiger partial charge in [0.05, 0.1) is 11.8 Å². The molecule has 3 rings (SSSR count). The Morgan fingerprint density at radius 3 is 2.96 bits per heavy atom. The lowest BCUT2D eigenvalue weighted by Gasteiger charge is -2.39. The highest BCUT2D eigenvalue weighted by Gasteiger charge is 2.34. The highest BCUT2D eigenvalue weighted by molar-refractivity contribution is 5.05. The van der Waals surface area contributed by atoms with Gasteiger partial charge in [-0.1, -0.05) is 0 Å². The van der Waals surface area contributed by atoms with E-state index < -0.39 is 5.60 Å². The number of aromatic nitrogens is 5. The van der Waals surface area contributed by atoms with E-state index >= 15 is 0 Å². The molecule has 1 saturated heterocycles. The predicted molar refractivity (Wildman–Crippen MR) is 86.9 cm³/mol. The lowest BCUT2D eigenvalue weighted by Crippen LogP contribution is -2.50. The summed E-state index contributed by atoms with van der Waals surface area (Å²) < 4.78 is 3.84. The van der Waals surface area contributed by atoms with Crippen LogP contribution in [0.2, 0.25) is 0 Å². The minimum atomic E-state index is -0.702. The van der Waals surface area contributed by atoms with Crippen LogP contribution in [0.15, 0.2) is 18.7 Å². The molecule has 1 fully saturated rings. The van der Waals surface area contributed by atoms with E-state index in [1.807, 2.05) is 22.5 Å². The van der Waals surface area contributed by atoms with E-state index in [0.717, 1.165) is 44.7 Å². The molecule has 1 unspecified atom stereocenters. The van der Waals surface area contributed by atoms with E-state index in [1.165, 1.54) is 5.56 Å². The fourth-order valence-electron chi connectivity index (χ4n) is 3.30. The molecule has 0 bridgehead atoms. The number of aliphatic hydroxyl groups is 1. The molecule has 23 heavy (non-hydrogen) atoms. The standard InChI is InChI=1S/C16H26N6O/c1-3-22-11-14(10-18-22)5-8-21-7-4-6-16(23,12-21)9-15-19-17-13-20(15)2/h10-11,13,23H,3-9,12H2,1-2H3. The summed E-state index contributed by atoms with van der Waals surface area (Å²) in [5.41, 5.74) is 0.557. The molecule has 3 heterocycles. The summed E-state index contributed by atoms with van der Waals surface area (Å²) in [6.07, 6.45) is 9.11. The Bertz CT molecular complexity index is 636. The molecule has 2 aromatic heterocycles. The van der Waals surface area contributed by atoms with Crippen LogP contribution < -0.4 is 0 Å². The van der Waals surface area contributed by atoms with E-state index in [9.17, 15) is 5.11 Å². The molecular weight excluding hydrogens is 292 g/mol. The third-order valence-corrected chi connectivity index (χ3v) is 4.65. The third-order valence-electron chi connectivity index (χ3n) is 4.65. The Kier molecular flexibility index (Phi) is 4.77. The zero-order valence-electron chi connectivity index (χ0n) is 14.0. The van der Waals surface area contributed by atoms with Crippen LogP contribution in [0.5, 0.6) is 0 Å². The Labute approximate surface area is 136 Å². The number of likely N-dealkylation sites (tertiary alicyclic amines) is 1. The normalized spacial score (nSPS) is 22.6. The monoisotopic (exact) mass is 318 g/mol. The van der Waals surface area contributed by atoms with Gasteiger partial charge in [0.2, 0.25) is 0 Å². The molecule has 0 aliphatic carbocycles. The van der Waals surface area contributed by atoms with Crippen LogP contribution in [0.4, 0.5) is 0 Å². The van der Waals surface area contributed by atoms with Crippen LogP contribution in [0.25, 0.3) is 0 Å². The highest BCUT2D eigenvalue weighted by atomic mass is 16.3. The summed E-state index contributed by atoms with van der Waals surface area (Å²) in [5.74, 6) is 0.846. The molecule has 0 saturated carbocycles. The van der Waals surface area contributed by atoms with Crippen molar-refractivity contribution in [3.05, 3.63) is 30.1 Å². The van der Waals surface area contributed by atoms with Gasteiger partial charge in [-0.15, -0.1) is 10.2 Å². The van der Waals surface area contributed by atoms with Crippen LogP contribution in [0.1, 0.15) is 31.2 Å². The fourth-order valence-corrected chi connectivity index (χ4v) is 3.30. The van der Waals surface area contributed by atoms with E-state index in [-0.39, 0.29) is 0 Å². The summed E-state index contributed by atoms with van der Waals surface area (Å²) in [5, 5.41) is 23.3. The van der Waals surface area contributed by atoms with Crippen molar-refractivity contribution >= 4 is 0 Å². The second-order valence-corrected chi connectivity index (χ2v) is 6.59. The Hall–Kier alpha value is -1.73. The molecule has 1 aliphatic rings. The maximum Gasteiger partial charge on any atom is 0.135 e. The average molecular weight is 318 g/mol. The summed E-state index contributed by atoms with van der Waals surface area (Å²) in [7, 11) is 1.92. The predicted octanol–water partition coefficient (Wildman–Crippen LogP) is 0.644. The van der Waals surface area contributed by atoms with Gasteiger partial charge in [-0.25, -0.2) is 0 Å². The maximum atomic E-state index is 10.9. The van der Waals surface area contributed by atoms with Crippen molar-refractivity contribution in [2.45, 2.75) is 44.8 Å². The largest absolute Gasteiger partial charge is 0.388 e. The van der Waals surface area contributed by atoms with E-state index in [1.54, 1.807) is 6.33 Å². The van der Waals surface area contributed by atoms with E-state index in [2.05, 4.69) is 33.3 Å². The molecule has 2 aromatic rings. The van der Waals surface area contributed by atoms with Gasteiger partial charge in [0.25, 0.3) is 0 Å². The zero-order chi connectivity index (χ0) is 16.3. The molecule has 1 N–H and O–H groups in total. The number of hydrogen-bond donors (Lipinski definition) is 1. The van der Waals surface area contributed by atoms with Crippen molar-refractivity contribution in [1.82, 2.24) is 29.4 Å². The van der Waals surface area contributed by atoms with Crippen LogP contribution in [-0.4, -0.2) is 59.8 Å². The molecule has 7 heteroatoms. The quantitative estimate of drug-likeness (QED) is 0.846. The molecule has 0 radical (unpaired) electrons. The number of nitrogens with zero attached hydrogens (tertiary/aromatic N) is 6. The summed E-state index contributed by atoms with van der Waals surface area (Å²) in [6.45, 7) is 5.69. The first kappa shape index (κ1) is 16.1. The summed E-state index contributed by atoms with van der Waals surface area (Å²) in [6, 6.07) is 0. The molecule has 0 amide bonds. The van der Waals surface area contributed by atoms with Crippen LogP contribution in [0.3, 0.4) is 0 Å². The molecule has 7 nitrogen and oxygen atoms in total.